The molecule has 0 nitrogen and oxygen atoms in total. The molecule has 0 saturated heterocycles. The highest BCUT2D eigenvalue weighted by Gasteiger charge is 2.21. The molecule has 1 aliphatic rings. The molecule has 0 amide bonds. The summed E-state index contributed by atoms with van der Waals surface area (Å²) in [5.41, 5.74) is 1.26. The summed E-state index contributed by atoms with van der Waals surface area (Å²) in [6.07, 6.45) is 8.96. The maximum absolute atomic E-state index is 12.9. The van der Waals surface area contributed by atoms with E-state index in [1.54, 1.807) is 18.2 Å². The van der Waals surface area contributed by atoms with Crippen molar-refractivity contribution in [3.05, 3.63) is 48.1 Å². The Morgan fingerprint density at radius 1 is 1.06 bits per heavy atom. The fourth-order valence-electron chi connectivity index (χ4n) is 2.91. The minimum Gasteiger partial charge on any atom is -0.216 e. The largest absolute Gasteiger partial charge is 0.216 e. The van der Waals surface area contributed by atoms with Gasteiger partial charge < -0.3 is 0 Å². The van der Waals surface area contributed by atoms with Crippen molar-refractivity contribution in [3.63, 3.8) is 0 Å². The van der Waals surface area contributed by atoms with E-state index in [0.29, 0.717) is 12.2 Å². The summed E-state index contributed by atoms with van der Waals surface area (Å²) < 4.78 is 24.7. The van der Waals surface area contributed by atoms with E-state index in [1.165, 1.54) is 31.2 Å². The van der Waals surface area contributed by atoms with Gasteiger partial charge in [0.15, 0.2) is 0 Å². The molecular formula is C16H20F2. The fourth-order valence-corrected chi connectivity index (χ4v) is 2.91. The van der Waals surface area contributed by atoms with E-state index < -0.39 is 0 Å². The molecule has 0 heterocycles. The molecule has 1 saturated carbocycles. The van der Waals surface area contributed by atoms with E-state index in [1.807, 2.05) is 12.1 Å². The van der Waals surface area contributed by atoms with E-state index in [4.69, 9.17) is 0 Å². The van der Waals surface area contributed by atoms with Gasteiger partial charge in [-0.3, -0.25) is 0 Å². The molecular weight excluding hydrogens is 230 g/mol. The molecule has 0 radical (unpaired) electrons. The molecule has 0 atom stereocenters. The molecule has 98 valence electrons. The van der Waals surface area contributed by atoms with Crippen LogP contribution in [0.15, 0.2) is 36.7 Å². The minimum atomic E-state index is -0.162. The highest BCUT2D eigenvalue weighted by atomic mass is 19.1. The van der Waals surface area contributed by atoms with Crippen molar-refractivity contribution in [1.82, 2.24) is 0 Å². The van der Waals surface area contributed by atoms with E-state index in [2.05, 4.69) is 0 Å². The zero-order valence-electron chi connectivity index (χ0n) is 10.6. The van der Waals surface area contributed by atoms with Crippen LogP contribution in [0.2, 0.25) is 0 Å². The van der Waals surface area contributed by atoms with Gasteiger partial charge in [0.1, 0.15) is 5.82 Å². The molecule has 1 aromatic carbocycles. The Hall–Kier alpha value is -1.18. The third-order valence-corrected chi connectivity index (χ3v) is 4.02. The zero-order chi connectivity index (χ0) is 12.8. The predicted molar refractivity (Wildman–Crippen MR) is 70.6 cm³/mol. The first-order valence-corrected chi connectivity index (χ1v) is 6.80. The van der Waals surface area contributed by atoms with Crippen LogP contribution in [-0.2, 0) is 0 Å². The number of halogens is 2. The SMILES string of the molecule is FC=CCCC1CCC(c2ccc(F)cc2)CC1. The summed E-state index contributed by atoms with van der Waals surface area (Å²) in [6.45, 7) is 0. The van der Waals surface area contributed by atoms with Gasteiger partial charge in [0.05, 0.1) is 6.33 Å². The van der Waals surface area contributed by atoms with Crippen molar-refractivity contribution < 1.29 is 8.78 Å². The Kier molecular flexibility index (Phi) is 4.91. The summed E-state index contributed by atoms with van der Waals surface area (Å²) in [6, 6.07) is 6.92. The normalized spacial score (nSPS) is 24.6. The van der Waals surface area contributed by atoms with Crippen molar-refractivity contribution in [2.45, 2.75) is 44.4 Å². The molecule has 0 N–H and O–H groups in total. The van der Waals surface area contributed by atoms with Gasteiger partial charge in [-0.25, -0.2) is 8.78 Å². The Morgan fingerprint density at radius 2 is 1.72 bits per heavy atom. The van der Waals surface area contributed by atoms with Gasteiger partial charge in [-0.15, -0.1) is 0 Å². The summed E-state index contributed by atoms with van der Waals surface area (Å²) in [7, 11) is 0. The summed E-state index contributed by atoms with van der Waals surface area (Å²) >= 11 is 0. The molecule has 2 heteroatoms. The predicted octanol–water partition coefficient (Wildman–Crippen LogP) is 5.36. The van der Waals surface area contributed by atoms with Gasteiger partial charge in [0.25, 0.3) is 0 Å². The van der Waals surface area contributed by atoms with Gasteiger partial charge in [-0.2, -0.15) is 0 Å². The van der Waals surface area contributed by atoms with E-state index in [9.17, 15) is 8.78 Å². The van der Waals surface area contributed by atoms with Crippen LogP contribution in [0.25, 0.3) is 0 Å². The third-order valence-electron chi connectivity index (χ3n) is 4.02. The molecule has 0 aliphatic heterocycles. The second kappa shape index (κ2) is 6.67. The average Bonchev–Trinajstić information content (AvgIpc) is 2.41. The maximum atomic E-state index is 12.9. The van der Waals surface area contributed by atoms with Gasteiger partial charge in [-0.1, -0.05) is 18.2 Å². The molecule has 0 spiro atoms. The van der Waals surface area contributed by atoms with Crippen LogP contribution in [0, 0.1) is 11.7 Å². The van der Waals surface area contributed by atoms with Crippen LogP contribution in [0.5, 0.6) is 0 Å². The Morgan fingerprint density at radius 3 is 2.33 bits per heavy atom. The number of hydrogen-bond acceptors (Lipinski definition) is 0. The number of allylic oxidation sites excluding steroid dienone is 1. The lowest BCUT2D eigenvalue weighted by atomic mass is 9.77. The van der Waals surface area contributed by atoms with E-state index in [-0.39, 0.29) is 5.82 Å². The number of benzene rings is 1. The highest BCUT2D eigenvalue weighted by molar-refractivity contribution is 5.20. The molecule has 1 fully saturated rings. The maximum Gasteiger partial charge on any atom is 0.123 e. The lowest BCUT2D eigenvalue weighted by Gasteiger charge is -2.28. The smallest absolute Gasteiger partial charge is 0.123 e. The van der Waals surface area contributed by atoms with Crippen molar-refractivity contribution >= 4 is 0 Å². The van der Waals surface area contributed by atoms with E-state index >= 15 is 0 Å². The summed E-state index contributed by atoms with van der Waals surface area (Å²) in [5, 5.41) is 0. The second-order valence-corrected chi connectivity index (χ2v) is 5.21. The Balaban J connectivity index is 1.81. The van der Waals surface area contributed by atoms with Gasteiger partial charge in [-0.05, 0) is 68.1 Å². The fraction of sp³-hybridized carbons (Fsp3) is 0.500. The van der Waals surface area contributed by atoms with Gasteiger partial charge >= 0.3 is 0 Å². The topological polar surface area (TPSA) is 0 Å². The lowest BCUT2D eigenvalue weighted by molar-refractivity contribution is 0.311. The van der Waals surface area contributed by atoms with Crippen molar-refractivity contribution in [3.8, 4) is 0 Å². The molecule has 1 aliphatic carbocycles. The number of rotatable bonds is 4. The van der Waals surface area contributed by atoms with Gasteiger partial charge in [0.2, 0.25) is 0 Å². The zero-order valence-corrected chi connectivity index (χ0v) is 10.6. The second-order valence-electron chi connectivity index (χ2n) is 5.21. The molecule has 1 aromatic rings. The first kappa shape index (κ1) is 13.3. The highest BCUT2D eigenvalue weighted by Crippen LogP contribution is 2.37. The standard InChI is InChI=1S/C16H20F2/c17-12-2-1-3-13-4-6-14(7-5-13)15-8-10-16(18)11-9-15/h2,8-14H,1,3-7H2. The minimum absolute atomic E-state index is 0.162. The Bertz CT molecular complexity index is 373. The molecule has 0 unspecified atom stereocenters. The van der Waals surface area contributed by atoms with Crippen molar-refractivity contribution in [1.29, 1.82) is 0 Å². The van der Waals surface area contributed by atoms with Crippen molar-refractivity contribution in [2.75, 3.05) is 0 Å². The molecule has 0 aromatic heterocycles. The molecule has 0 bridgehead atoms. The average molecular weight is 250 g/mol. The summed E-state index contributed by atoms with van der Waals surface area (Å²) in [5.74, 6) is 1.15. The van der Waals surface area contributed by atoms with Crippen LogP contribution in [-0.4, -0.2) is 0 Å². The first-order valence-electron chi connectivity index (χ1n) is 6.80. The summed E-state index contributed by atoms with van der Waals surface area (Å²) in [4.78, 5) is 0. The third kappa shape index (κ3) is 3.66. The van der Waals surface area contributed by atoms with Gasteiger partial charge in [0, 0.05) is 0 Å². The van der Waals surface area contributed by atoms with Crippen LogP contribution >= 0.6 is 0 Å². The van der Waals surface area contributed by atoms with Crippen LogP contribution in [0.1, 0.15) is 50.0 Å². The lowest BCUT2D eigenvalue weighted by Crippen LogP contribution is -2.13. The monoisotopic (exact) mass is 250 g/mol. The van der Waals surface area contributed by atoms with Crippen LogP contribution < -0.4 is 0 Å². The quantitative estimate of drug-likeness (QED) is 0.674. The first-order chi connectivity index (χ1) is 8.79. The van der Waals surface area contributed by atoms with Crippen molar-refractivity contribution in [2.24, 2.45) is 5.92 Å². The Labute approximate surface area is 108 Å². The van der Waals surface area contributed by atoms with Crippen LogP contribution in [0.3, 0.4) is 0 Å². The molecule has 2 rings (SSSR count). The van der Waals surface area contributed by atoms with E-state index in [0.717, 1.165) is 18.8 Å². The molecule has 18 heavy (non-hydrogen) atoms. The number of hydrogen-bond donors (Lipinski definition) is 0. The van der Waals surface area contributed by atoms with Crippen LogP contribution in [0.4, 0.5) is 8.78 Å².